The molecule has 2 aromatic heterocycles. The molecule has 0 aliphatic rings. The monoisotopic (exact) mass is 324 g/mol. The molecule has 0 aliphatic heterocycles. The number of hydrogen-bond acceptors (Lipinski definition) is 3. The van der Waals surface area contributed by atoms with E-state index in [2.05, 4.69) is 38.7 Å². The van der Waals surface area contributed by atoms with Crippen molar-refractivity contribution in [3.05, 3.63) is 63.9 Å². The van der Waals surface area contributed by atoms with E-state index in [1.54, 1.807) is 18.3 Å². The van der Waals surface area contributed by atoms with Gasteiger partial charge in [0, 0.05) is 17.8 Å². The number of carbonyl (C=O) groups is 1. The standard InChI is InChI=1S/C17H16N4OS/c1-10-6-11(2)8-12(7-10)14-9-15(21-20-14)19-16(22)13-4-3-5-18-17(13)23/h3-9H,1-2H3,(H,18,23)(H2,19,20,21,22). The lowest BCUT2D eigenvalue weighted by Crippen LogP contribution is -2.13. The maximum atomic E-state index is 12.2. The number of carbonyl (C=O) groups excluding carboxylic acids is 1. The number of aromatic amines is 2. The first-order valence-corrected chi connectivity index (χ1v) is 7.57. The molecule has 6 heteroatoms. The van der Waals surface area contributed by atoms with Crippen LogP contribution in [0.15, 0.2) is 42.6 Å². The summed E-state index contributed by atoms with van der Waals surface area (Å²) < 4.78 is 0.398. The second-order valence-corrected chi connectivity index (χ2v) is 5.82. The first-order chi connectivity index (χ1) is 11.0. The Bertz CT molecular complexity index is 906. The van der Waals surface area contributed by atoms with Gasteiger partial charge < -0.3 is 10.3 Å². The SMILES string of the molecule is Cc1cc(C)cc(-c2cc(NC(=O)c3ccc[nH]c3=S)n[nH]2)c1. The average Bonchev–Trinajstić information content (AvgIpc) is 2.95. The smallest absolute Gasteiger partial charge is 0.259 e. The van der Waals surface area contributed by atoms with Gasteiger partial charge >= 0.3 is 0 Å². The van der Waals surface area contributed by atoms with Gasteiger partial charge in [0.2, 0.25) is 0 Å². The highest BCUT2D eigenvalue weighted by molar-refractivity contribution is 7.71. The number of aromatic nitrogens is 3. The zero-order valence-corrected chi connectivity index (χ0v) is 13.6. The summed E-state index contributed by atoms with van der Waals surface area (Å²) in [5, 5.41) is 9.85. The van der Waals surface area contributed by atoms with Gasteiger partial charge in [-0.1, -0.05) is 29.4 Å². The quantitative estimate of drug-likeness (QED) is 0.637. The highest BCUT2D eigenvalue weighted by Gasteiger charge is 2.11. The van der Waals surface area contributed by atoms with Crippen molar-refractivity contribution >= 4 is 23.9 Å². The Hall–Kier alpha value is -2.73. The first kappa shape index (κ1) is 15.2. The van der Waals surface area contributed by atoms with Crippen LogP contribution in [0.4, 0.5) is 5.82 Å². The number of pyridine rings is 1. The average molecular weight is 324 g/mol. The number of H-pyrrole nitrogens is 2. The topological polar surface area (TPSA) is 73.6 Å². The van der Waals surface area contributed by atoms with E-state index >= 15 is 0 Å². The largest absolute Gasteiger partial charge is 0.352 e. The van der Waals surface area contributed by atoms with Crippen molar-refractivity contribution in [3.8, 4) is 11.3 Å². The highest BCUT2D eigenvalue weighted by atomic mass is 32.1. The van der Waals surface area contributed by atoms with E-state index in [9.17, 15) is 4.79 Å². The summed E-state index contributed by atoms with van der Waals surface area (Å²) in [5.41, 5.74) is 4.66. The third-order valence-electron chi connectivity index (χ3n) is 3.41. The number of aryl methyl sites for hydroxylation is 2. The molecular formula is C17H16N4OS. The van der Waals surface area contributed by atoms with Gasteiger partial charge in [0.1, 0.15) is 4.64 Å². The van der Waals surface area contributed by atoms with Gasteiger partial charge in [0.15, 0.2) is 5.82 Å². The molecule has 116 valence electrons. The Labute approximate surface area is 138 Å². The number of amides is 1. The van der Waals surface area contributed by atoms with Crippen LogP contribution in [0, 0.1) is 18.5 Å². The predicted molar refractivity (Wildman–Crippen MR) is 93.1 cm³/mol. The second kappa shape index (κ2) is 6.18. The number of benzene rings is 1. The summed E-state index contributed by atoms with van der Waals surface area (Å²) in [7, 11) is 0. The summed E-state index contributed by atoms with van der Waals surface area (Å²) in [6.45, 7) is 4.10. The van der Waals surface area contributed by atoms with Gasteiger partial charge in [-0.2, -0.15) is 5.10 Å². The van der Waals surface area contributed by atoms with E-state index < -0.39 is 0 Å². The van der Waals surface area contributed by atoms with Crippen molar-refractivity contribution in [2.24, 2.45) is 0 Å². The number of nitrogens with one attached hydrogen (secondary N) is 3. The molecule has 1 aromatic carbocycles. The van der Waals surface area contributed by atoms with Crippen LogP contribution in [-0.2, 0) is 0 Å². The molecule has 3 rings (SSSR count). The fraction of sp³-hybridized carbons (Fsp3) is 0.118. The minimum atomic E-state index is -0.287. The van der Waals surface area contributed by atoms with Crippen LogP contribution in [0.1, 0.15) is 21.5 Å². The highest BCUT2D eigenvalue weighted by Crippen LogP contribution is 2.22. The third-order valence-corrected chi connectivity index (χ3v) is 3.75. The van der Waals surface area contributed by atoms with Crippen LogP contribution in [0.25, 0.3) is 11.3 Å². The molecule has 5 nitrogen and oxygen atoms in total. The molecule has 0 unspecified atom stereocenters. The van der Waals surface area contributed by atoms with Crippen LogP contribution in [0.5, 0.6) is 0 Å². The zero-order chi connectivity index (χ0) is 16.4. The molecule has 0 radical (unpaired) electrons. The Morgan fingerprint density at radius 2 is 1.91 bits per heavy atom. The van der Waals surface area contributed by atoms with Crippen molar-refractivity contribution in [2.75, 3.05) is 5.32 Å². The molecule has 0 bridgehead atoms. The zero-order valence-electron chi connectivity index (χ0n) is 12.8. The summed E-state index contributed by atoms with van der Waals surface area (Å²) in [6, 6.07) is 11.5. The second-order valence-electron chi connectivity index (χ2n) is 5.41. The molecule has 0 atom stereocenters. The summed E-state index contributed by atoms with van der Waals surface area (Å²) >= 11 is 5.11. The van der Waals surface area contributed by atoms with Gasteiger partial charge in [-0.05, 0) is 38.1 Å². The van der Waals surface area contributed by atoms with Gasteiger partial charge in [-0.3, -0.25) is 9.89 Å². The third kappa shape index (κ3) is 3.37. The Balaban J connectivity index is 1.84. The summed E-state index contributed by atoms with van der Waals surface area (Å²) in [6.07, 6.45) is 1.69. The van der Waals surface area contributed by atoms with Gasteiger partial charge in [0.05, 0.1) is 11.3 Å². The van der Waals surface area contributed by atoms with Crippen LogP contribution >= 0.6 is 12.2 Å². The maximum Gasteiger partial charge on any atom is 0.259 e. The van der Waals surface area contributed by atoms with Crippen molar-refractivity contribution in [1.82, 2.24) is 15.2 Å². The van der Waals surface area contributed by atoms with E-state index in [1.807, 2.05) is 19.9 Å². The van der Waals surface area contributed by atoms with Crippen LogP contribution in [0.2, 0.25) is 0 Å². The fourth-order valence-electron chi connectivity index (χ4n) is 2.45. The molecule has 0 saturated carbocycles. The first-order valence-electron chi connectivity index (χ1n) is 7.16. The number of anilines is 1. The van der Waals surface area contributed by atoms with E-state index in [4.69, 9.17) is 12.2 Å². The van der Waals surface area contributed by atoms with Gasteiger partial charge in [-0.25, -0.2) is 0 Å². The molecule has 1 amide bonds. The van der Waals surface area contributed by atoms with Crippen LogP contribution < -0.4 is 5.32 Å². The molecule has 3 N–H and O–H groups in total. The fourth-order valence-corrected chi connectivity index (χ4v) is 2.68. The van der Waals surface area contributed by atoms with E-state index in [0.29, 0.717) is 16.0 Å². The number of nitrogens with zero attached hydrogens (tertiary/aromatic N) is 1. The van der Waals surface area contributed by atoms with Crippen molar-refractivity contribution < 1.29 is 4.79 Å². The molecule has 2 heterocycles. The van der Waals surface area contributed by atoms with Gasteiger partial charge in [-0.15, -0.1) is 0 Å². The lowest BCUT2D eigenvalue weighted by molar-refractivity contribution is 0.102. The molecular weight excluding hydrogens is 308 g/mol. The summed E-state index contributed by atoms with van der Waals surface area (Å²) in [5.74, 6) is 0.174. The molecule has 0 aliphatic carbocycles. The minimum absolute atomic E-state index is 0.287. The number of rotatable bonds is 3. The Morgan fingerprint density at radius 1 is 1.17 bits per heavy atom. The number of hydrogen-bond donors (Lipinski definition) is 3. The molecule has 0 fully saturated rings. The molecule has 0 saturated heterocycles. The Kier molecular flexibility index (Phi) is 4.08. The maximum absolute atomic E-state index is 12.2. The lowest BCUT2D eigenvalue weighted by Gasteiger charge is -2.02. The van der Waals surface area contributed by atoms with E-state index in [1.165, 1.54) is 11.1 Å². The van der Waals surface area contributed by atoms with Crippen molar-refractivity contribution in [2.45, 2.75) is 13.8 Å². The normalized spacial score (nSPS) is 10.5. The predicted octanol–water partition coefficient (Wildman–Crippen LogP) is 4.00. The minimum Gasteiger partial charge on any atom is -0.352 e. The van der Waals surface area contributed by atoms with Crippen molar-refractivity contribution in [1.29, 1.82) is 0 Å². The van der Waals surface area contributed by atoms with E-state index in [0.717, 1.165) is 11.3 Å². The van der Waals surface area contributed by atoms with Crippen LogP contribution in [-0.4, -0.2) is 21.1 Å². The van der Waals surface area contributed by atoms with Crippen LogP contribution in [0.3, 0.4) is 0 Å². The summed E-state index contributed by atoms with van der Waals surface area (Å²) in [4.78, 5) is 15.1. The molecule has 23 heavy (non-hydrogen) atoms. The lowest BCUT2D eigenvalue weighted by atomic mass is 10.1. The van der Waals surface area contributed by atoms with Crippen molar-refractivity contribution in [3.63, 3.8) is 0 Å². The molecule has 0 spiro atoms. The van der Waals surface area contributed by atoms with E-state index in [-0.39, 0.29) is 5.91 Å². The van der Waals surface area contributed by atoms with Gasteiger partial charge in [0.25, 0.3) is 5.91 Å². The molecule has 3 aromatic rings. The Morgan fingerprint density at radius 3 is 2.61 bits per heavy atom.